The van der Waals surface area contributed by atoms with E-state index < -0.39 is 0 Å². The van der Waals surface area contributed by atoms with Crippen LogP contribution in [0.2, 0.25) is 0 Å². The van der Waals surface area contributed by atoms with Gasteiger partial charge in [0.1, 0.15) is 0 Å². The third-order valence-corrected chi connectivity index (χ3v) is 4.58. The molecule has 0 saturated heterocycles. The highest BCUT2D eigenvalue weighted by Crippen LogP contribution is 2.34. The first kappa shape index (κ1) is 15.7. The Bertz CT molecular complexity index is 757. The largest absolute Gasteiger partial charge is 0.368 e. The summed E-state index contributed by atoms with van der Waals surface area (Å²) in [6.45, 7) is 8.42. The number of nitrogens with two attached hydrogens (primary N) is 1. The Hall–Kier alpha value is -2.23. The summed E-state index contributed by atoms with van der Waals surface area (Å²) in [6, 6.07) is 8.60. The second-order valence-corrected chi connectivity index (χ2v) is 7.39. The van der Waals surface area contributed by atoms with Crippen molar-refractivity contribution in [2.24, 2.45) is 0 Å². The normalized spacial score (nSPS) is 17.9. The van der Waals surface area contributed by atoms with Gasteiger partial charge in [-0.15, -0.1) is 0 Å². The van der Waals surface area contributed by atoms with Gasteiger partial charge in [0.2, 0.25) is 5.95 Å². The Balaban J connectivity index is 1.93. The quantitative estimate of drug-likeness (QED) is 0.874. The molecule has 0 amide bonds. The van der Waals surface area contributed by atoms with Crippen LogP contribution in [0.25, 0.3) is 0 Å². The molecule has 2 aromatic rings. The lowest BCUT2D eigenvalue weighted by Gasteiger charge is -2.25. The van der Waals surface area contributed by atoms with Crippen molar-refractivity contribution in [3.05, 3.63) is 52.3 Å². The second kappa shape index (κ2) is 5.44. The Morgan fingerprint density at radius 1 is 1.09 bits per heavy atom. The van der Waals surface area contributed by atoms with Gasteiger partial charge in [0.25, 0.3) is 0 Å². The zero-order valence-electron chi connectivity index (χ0n) is 14.2. The number of rotatable bonds is 1. The third kappa shape index (κ3) is 2.98. The third-order valence-electron chi connectivity index (χ3n) is 4.58. The minimum atomic E-state index is 0.119. The van der Waals surface area contributed by atoms with E-state index in [9.17, 15) is 4.79 Å². The number of carbonyl (C=O) groups is 1. The van der Waals surface area contributed by atoms with Crippen LogP contribution in [0.15, 0.2) is 24.3 Å². The molecule has 0 spiro atoms. The number of anilines is 1. The summed E-state index contributed by atoms with van der Waals surface area (Å²) >= 11 is 0. The first-order valence-corrected chi connectivity index (χ1v) is 8.02. The topological polar surface area (TPSA) is 68.9 Å². The lowest BCUT2D eigenvalue weighted by atomic mass is 9.79. The van der Waals surface area contributed by atoms with E-state index in [0.717, 1.165) is 12.1 Å². The molecule has 0 fully saturated rings. The van der Waals surface area contributed by atoms with Crippen molar-refractivity contribution < 1.29 is 4.79 Å². The molecule has 0 aliphatic heterocycles. The molecule has 1 aliphatic carbocycles. The number of ketones is 1. The monoisotopic (exact) mass is 309 g/mol. The van der Waals surface area contributed by atoms with Gasteiger partial charge >= 0.3 is 0 Å². The number of aryl methyl sites for hydroxylation is 1. The van der Waals surface area contributed by atoms with E-state index in [2.05, 4.69) is 55.0 Å². The van der Waals surface area contributed by atoms with E-state index in [1.165, 1.54) is 11.1 Å². The van der Waals surface area contributed by atoms with Crippen LogP contribution in [0, 0.1) is 6.92 Å². The summed E-state index contributed by atoms with van der Waals surface area (Å²) in [5.41, 5.74) is 10.5. The van der Waals surface area contributed by atoms with Gasteiger partial charge in [0.05, 0.1) is 17.0 Å². The maximum atomic E-state index is 12.5. The Kier molecular flexibility index (Phi) is 3.71. The first-order valence-electron chi connectivity index (χ1n) is 8.02. The summed E-state index contributed by atoms with van der Waals surface area (Å²) in [7, 11) is 0. The van der Waals surface area contributed by atoms with Gasteiger partial charge < -0.3 is 5.73 Å². The van der Waals surface area contributed by atoms with Gasteiger partial charge in [-0.05, 0) is 35.8 Å². The highest BCUT2D eigenvalue weighted by Gasteiger charge is 2.29. The molecule has 1 unspecified atom stereocenters. The first-order chi connectivity index (χ1) is 10.8. The summed E-state index contributed by atoms with van der Waals surface area (Å²) in [4.78, 5) is 20.9. The van der Waals surface area contributed by atoms with Crippen LogP contribution in [0.4, 0.5) is 5.95 Å². The van der Waals surface area contributed by atoms with Crippen LogP contribution in [-0.2, 0) is 11.8 Å². The van der Waals surface area contributed by atoms with Crippen LogP contribution >= 0.6 is 0 Å². The predicted molar refractivity (Wildman–Crippen MR) is 91.7 cm³/mol. The summed E-state index contributed by atoms with van der Waals surface area (Å²) in [6.07, 6.45) is 1.25. The van der Waals surface area contributed by atoms with Crippen LogP contribution < -0.4 is 5.73 Å². The number of nitrogen functional groups attached to an aromatic ring is 1. The van der Waals surface area contributed by atoms with Gasteiger partial charge in [-0.1, -0.05) is 45.0 Å². The highest BCUT2D eigenvalue weighted by molar-refractivity contribution is 5.99. The van der Waals surface area contributed by atoms with Gasteiger partial charge in [-0.25, -0.2) is 9.97 Å². The molecule has 1 aliphatic rings. The Labute approximate surface area is 137 Å². The smallest absolute Gasteiger partial charge is 0.220 e. The summed E-state index contributed by atoms with van der Waals surface area (Å²) in [5, 5.41) is 0. The van der Waals surface area contributed by atoms with E-state index in [1.54, 1.807) is 0 Å². The molecule has 23 heavy (non-hydrogen) atoms. The standard InChI is InChI=1S/C19H23N3O/c1-11-17-15(22-18(20)21-11)9-13(10-16(17)23)12-5-7-14(8-6-12)19(2,3)4/h5-8,13H,9-10H2,1-4H3,(H2,20,21,22). The molecule has 0 saturated carbocycles. The van der Waals surface area contributed by atoms with E-state index >= 15 is 0 Å². The van der Waals surface area contributed by atoms with E-state index in [0.29, 0.717) is 17.7 Å². The highest BCUT2D eigenvalue weighted by atomic mass is 16.1. The van der Waals surface area contributed by atoms with E-state index in [-0.39, 0.29) is 23.1 Å². The fourth-order valence-corrected chi connectivity index (χ4v) is 3.29. The molecule has 0 radical (unpaired) electrons. The number of Topliss-reactive ketones (excluding diaryl/α,β-unsaturated/α-hetero) is 1. The molecule has 1 heterocycles. The zero-order chi connectivity index (χ0) is 16.8. The fraction of sp³-hybridized carbons (Fsp3) is 0.421. The average molecular weight is 309 g/mol. The van der Waals surface area contributed by atoms with Crippen LogP contribution in [0.5, 0.6) is 0 Å². The van der Waals surface area contributed by atoms with Crippen molar-refractivity contribution >= 4 is 11.7 Å². The van der Waals surface area contributed by atoms with Gasteiger partial charge in [0, 0.05) is 6.42 Å². The number of aromatic nitrogens is 2. The van der Waals surface area contributed by atoms with Gasteiger partial charge in [-0.2, -0.15) is 0 Å². The lowest BCUT2D eigenvalue weighted by Crippen LogP contribution is -2.23. The van der Waals surface area contributed by atoms with E-state index in [1.807, 2.05) is 6.92 Å². The molecule has 120 valence electrons. The number of benzene rings is 1. The van der Waals surface area contributed by atoms with Gasteiger partial charge in [0.15, 0.2) is 5.78 Å². The maximum Gasteiger partial charge on any atom is 0.220 e. The molecule has 1 atom stereocenters. The average Bonchev–Trinajstić information content (AvgIpc) is 2.45. The SMILES string of the molecule is Cc1nc(N)nc2c1C(=O)CC(c1ccc(C(C)(C)C)cc1)C2. The predicted octanol–water partition coefficient (Wildman–Crippen LogP) is 3.58. The van der Waals surface area contributed by atoms with Crippen molar-refractivity contribution in [2.45, 2.75) is 51.9 Å². The van der Waals surface area contributed by atoms with Crippen molar-refractivity contribution in [2.75, 3.05) is 5.73 Å². The minimum absolute atomic E-state index is 0.119. The molecule has 2 N–H and O–H groups in total. The Morgan fingerprint density at radius 2 is 1.74 bits per heavy atom. The van der Waals surface area contributed by atoms with Crippen molar-refractivity contribution in [3.8, 4) is 0 Å². The fourth-order valence-electron chi connectivity index (χ4n) is 3.29. The molecule has 3 rings (SSSR count). The van der Waals surface area contributed by atoms with Crippen LogP contribution in [-0.4, -0.2) is 15.8 Å². The summed E-state index contributed by atoms with van der Waals surface area (Å²) < 4.78 is 0. The molecular weight excluding hydrogens is 286 g/mol. The zero-order valence-corrected chi connectivity index (χ0v) is 14.2. The van der Waals surface area contributed by atoms with Crippen LogP contribution in [0.3, 0.4) is 0 Å². The molecule has 1 aromatic heterocycles. The molecular formula is C19H23N3O. The molecule has 4 heteroatoms. The van der Waals surface area contributed by atoms with E-state index in [4.69, 9.17) is 5.73 Å². The lowest BCUT2D eigenvalue weighted by molar-refractivity contribution is 0.0962. The molecule has 4 nitrogen and oxygen atoms in total. The second-order valence-electron chi connectivity index (χ2n) is 7.39. The number of nitrogens with zero attached hydrogens (tertiary/aromatic N) is 2. The minimum Gasteiger partial charge on any atom is -0.368 e. The number of hydrogen-bond donors (Lipinski definition) is 1. The van der Waals surface area contributed by atoms with Crippen molar-refractivity contribution in [1.29, 1.82) is 0 Å². The van der Waals surface area contributed by atoms with Crippen molar-refractivity contribution in [3.63, 3.8) is 0 Å². The molecule has 0 bridgehead atoms. The van der Waals surface area contributed by atoms with Crippen molar-refractivity contribution in [1.82, 2.24) is 9.97 Å². The van der Waals surface area contributed by atoms with Gasteiger partial charge in [-0.3, -0.25) is 4.79 Å². The number of carbonyl (C=O) groups excluding carboxylic acids is 1. The maximum absolute atomic E-state index is 12.5. The number of fused-ring (bicyclic) bond motifs is 1. The number of hydrogen-bond acceptors (Lipinski definition) is 4. The molecule has 1 aromatic carbocycles. The summed E-state index contributed by atoms with van der Waals surface area (Å²) in [5.74, 6) is 0.532. The Morgan fingerprint density at radius 3 is 2.35 bits per heavy atom. The van der Waals surface area contributed by atoms with Crippen LogP contribution in [0.1, 0.15) is 66.0 Å².